The lowest BCUT2D eigenvalue weighted by molar-refractivity contribution is 0.195. The molecular weight excluding hydrogens is 429 g/mol. The van der Waals surface area contributed by atoms with E-state index in [0.717, 1.165) is 36.5 Å². The maximum atomic E-state index is 13.3. The van der Waals surface area contributed by atoms with Crippen LogP contribution in [0.5, 0.6) is 5.75 Å². The van der Waals surface area contributed by atoms with Gasteiger partial charge in [-0.05, 0) is 63.4 Å². The number of aromatic nitrogens is 4. The van der Waals surface area contributed by atoms with Crippen molar-refractivity contribution in [2.75, 3.05) is 6.54 Å². The van der Waals surface area contributed by atoms with Gasteiger partial charge in [0, 0.05) is 13.1 Å². The van der Waals surface area contributed by atoms with E-state index in [4.69, 9.17) is 0 Å². The molecule has 1 aromatic heterocycles. The summed E-state index contributed by atoms with van der Waals surface area (Å²) in [4.78, 5) is 2.36. The van der Waals surface area contributed by atoms with E-state index in [0.29, 0.717) is 6.54 Å². The summed E-state index contributed by atoms with van der Waals surface area (Å²) in [6.45, 7) is 2.10. The van der Waals surface area contributed by atoms with Crippen LogP contribution in [-0.4, -0.2) is 36.8 Å². The largest absolute Gasteiger partial charge is 0.508 e. The smallest absolute Gasteiger partial charge is 0.173 e. The molecule has 1 aliphatic heterocycles. The van der Waals surface area contributed by atoms with Gasteiger partial charge in [0.15, 0.2) is 5.82 Å². The van der Waals surface area contributed by atoms with Crippen LogP contribution < -0.4 is 0 Å². The molecule has 0 spiro atoms. The Balaban J connectivity index is 0.00000245. The van der Waals surface area contributed by atoms with E-state index < -0.39 is 0 Å². The van der Waals surface area contributed by atoms with Crippen LogP contribution in [0.4, 0.5) is 4.39 Å². The first-order valence-electron chi connectivity index (χ1n) is 10.3. The highest BCUT2D eigenvalue weighted by atomic mass is 35.5. The Morgan fingerprint density at radius 1 is 0.938 bits per heavy atom. The van der Waals surface area contributed by atoms with Gasteiger partial charge in [-0.25, -0.2) is 9.07 Å². The van der Waals surface area contributed by atoms with Gasteiger partial charge < -0.3 is 5.11 Å². The second-order valence-corrected chi connectivity index (χ2v) is 7.80. The zero-order valence-corrected chi connectivity index (χ0v) is 18.1. The van der Waals surface area contributed by atoms with E-state index >= 15 is 0 Å². The van der Waals surface area contributed by atoms with Gasteiger partial charge in [0.2, 0.25) is 0 Å². The average Bonchev–Trinajstić information content (AvgIpc) is 3.24. The molecule has 8 heteroatoms. The van der Waals surface area contributed by atoms with Crippen molar-refractivity contribution in [3.05, 3.63) is 107 Å². The summed E-state index contributed by atoms with van der Waals surface area (Å²) in [5.74, 6) is 0.668. The summed E-state index contributed by atoms with van der Waals surface area (Å²) in [5, 5.41) is 22.3. The number of phenolic OH excluding ortho intramolecular Hbond substituents is 1. The van der Waals surface area contributed by atoms with Crippen LogP contribution in [0.15, 0.2) is 72.8 Å². The van der Waals surface area contributed by atoms with Gasteiger partial charge >= 0.3 is 0 Å². The molecule has 4 aromatic rings. The monoisotopic (exact) mass is 451 g/mol. The van der Waals surface area contributed by atoms with Gasteiger partial charge in [-0.2, -0.15) is 0 Å². The van der Waals surface area contributed by atoms with Crippen molar-refractivity contribution < 1.29 is 9.50 Å². The lowest BCUT2D eigenvalue weighted by atomic mass is 9.96. The van der Waals surface area contributed by atoms with Crippen molar-refractivity contribution in [3.8, 4) is 5.75 Å². The summed E-state index contributed by atoms with van der Waals surface area (Å²) in [6.07, 6.45) is 0.949. The number of hydrogen-bond acceptors (Lipinski definition) is 5. The Bertz CT molecular complexity index is 1180. The molecule has 164 valence electrons. The fourth-order valence-corrected chi connectivity index (χ4v) is 4.20. The molecule has 1 atom stereocenters. The number of hydrogen-bond donors (Lipinski definition) is 1. The molecule has 32 heavy (non-hydrogen) atoms. The molecule has 5 rings (SSSR count). The third-order valence-corrected chi connectivity index (χ3v) is 5.78. The van der Waals surface area contributed by atoms with Crippen LogP contribution in [0.2, 0.25) is 0 Å². The molecule has 2 heterocycles. The van der Waals surface area contributed by atoms with Crippen LogP contribution in [-0.2, 0) is 19.5 Å². The summed E-state index contributed by atoms with van der Waals surface area (Å²) < 4.78 is 15.1. The number of aromatic hydroxyl groups is 1. The topological polar surface area (TPSA) is 67.1 Å². The highest BCUT2D eigenvalue weighted by Gasteiger charge is 2.30. The highest BCUT2D eigenvalue weighted by Crippen LogP contribution is 2.32. The van der Waals surface area contributed by atoms with Crippen molar-refractivity contribution in [2.45, 2.75) is 25.6 Å². The number of phenols is 1. The SMILES string of the molecule is Cl.Oc1ccc(C(c2nnnn2Cc2ccc(F)cc2)N2CCc3ccccc3C2)cc1. The molecule has 3 aromatic carbocycles. The third-order valence-electron chi connectivity index (χ3n) is 5.78. The first-order chi connectivity index (χ1) is 15.2. The van der Waals surface area contributed by atoms with Gasteiger partial charge in [0.1, 0.15) is 11.6 Å². The average molecular weight is 452 g/mol. The lowest BCUT2D eigenvalue weighted by Gasteiger charge is -2.35. The van der Waals surface area contributed by atoms with E-state index in [-0.39, 0.29) is 30.0 Å². The summed E-state index contributed by atoms with van der Waals surface area (Å²) in [7, 11) is 0. The van der Waals surface area contributed by atoms with E-state index in [2.05, 4.69) is 44.7 Å². The first kappa shape index (κ1) is 21.9. The van der Waals surface area contributed by atoms with Crippen LogP contribution in [0.1, 0.15) is 34.1 Å². The Morgan fingerprint density at radius 3 is 2.41 bits per heavy atom. The van der Waals surface area contributed by atoms with Crippen LogP contribution in [0.3, 0.4) is 0 Å². The molecule has 1 aliphatic rings. The normalized spacial score (nSPS) is 14.4. The summed E-state index contributed by atoms with van der Waals surface area (Å²) in [5.41, 5.74) is 4.60. The maximum absolute atomic E-state index is 13.3. The van der Waals surface area contributed by atoms with Gasteiger partial charge in [-0.1, -0.05) is 48.5 Å². The van der Waals surface area contributed by atoms with Gasteiger partial charge in [-0.3, -0.25) is 4.90 Å². The standard InChI is InChI=1S/C24H22FN5O.ClH/c25-21-9-5-17(6-10-21)15-30-24(26-27-28-30)23(19-7-11-22(31)12-8-19)29-14-13-18-3-1-2-4-20(18)16-29;/h1-12,23,31H,13-16H2;1H. The van der Waals surface area contributed by atoms with Crippen LogP contribution in [0.25, 0.3) is 0 Å². The van der Waals surface area contributed by atoms with Crippen molar-refractivity contribution in [2.24, 2.45) is 0 Å². The van der Waals surface area contributed by atoms with Crippen molar-refractivity contribution in [1.82, 2.24) is 25.1 Å². The molecule has 1 N–H and O–H groups in total. The van der Waals surface area contributed by atoms with E-state index in [9.17, 15) is 9.50 Å². The van der Waals surface area contributed by atoms with E-state index in [1.54, 1.807) is 28.9 Å². The molecule has 0 bridgehead atoms. The molecule has 6 nitrogen and oxygen atoms in total. The molecule has 0 fully saturated rings. The Hall–Kier alpha value is -3.29. The van der Waals surface area contributed by atoms with Crippen LogP contribution >= 0.6 is 12.4 Å². The predicted molar refractivity (Wildman–Crippen MR) is 121 cm³/mol. The number of tetrazole rings is 1. The second-order valence-electron chi connectivity index (χ2n) is 7.80. The quantitative estimate of drug-likeness (QED) is 0.494. The van der Waals surface area contributed by atoms with Crippen molar-refractivity contribution in [1.29, 1.82) is 0 Å². The first-order valence-corrected chi connectivity index (χ1v) is 10.3. The van der Waals surface area contributed by atoms with E-state index in [1.807, 2.05) is 12.1 Å². The Kier molecular flexibility index (Phi) is 6.48. The number of rotatable bonds is 5. The Morgan fingerprint density at radius 2 is 1.66 bits per heavy atom. The predicted octanol–water partition coefficient (Wildman–Crippen LogP) is 4.14. The minimum atomic E-state index is -0.269. The molecule has 0 radical (unpaired) electrons. The van der Waals surface area contributed by atoms with Gasteiger partial charge in [-0.15, -0.1) is 17.5 Å². The molecule has 0 saturated carbocycles. The lowest BCUT2D eigenvalue weighted by Crippen LogP contribution is -2.36. The second kappa shape index (κ2) is 9.46. The van der Waals surface area contributed by atoms with Crippen molar-refractivity contribution in [3.63, 3.8) is 0 Å². The summed E-state index contributed by atoms with van der Waals surface area (Å²) in [6, 6.07) is 21.9. The fourth-order valence-electron chi connectivity index (χ4n) is 4.20. The van der Waals surface area contributed by atoms with Gasteiger partial charge in [0.25, 0.3) is 0 Å². The molecule has 0 amide bonds. The molecule has 0 saturated heterocycles. The minimum Gasteiger partial charge on any atom is -0.508 e. The minimum absolute atomic E-state index is 0. The van der Waals surface area contributed by atoms with E-state index in [1.165, 1.54) is 23.3 Å². The molecule has 0 aliphatic carbocycles. The fraction of sp³-hybridized carbons (Fsp3) is 0.208. The third kappa shape index (κ3) is 4.49. The van der Waals surface area contributed by atoms with Gasteiger partial charge in [0.05, 0.1) is 12.6 Å². The molecular formula is C24H23ClFN5O. The molecule has 1 unspecified atom stereocenters. The maximum Gasteiger partial charge on any atom is 0.173 e. The highest BCUT2D eigenvalue weighted by molar-refractivity contribution is 5.85. The van der Waals surface area contributed by atoms with Crippen molar-refractivity contribution >= 4 is 12.4 Å². The zero-order valence-electron chi connectivity index (χ0n) is 17.3. The number of nitrogens with zero attached hydrogens (tertiary/aromatic N) is 5. The Labute approximate surface area is 191 Å². The number of benzene rings is 3. The number of halogens is 2. The number of fused-ring (bicyclic) bond motifs is 1. The summed E-state index contributed by atoms with van der Waals surface area (Å²) >= 11 is 0. The zero-order chi connectivity index (χ0) is 21.2. The van der Waals surface area contributed by atoms with Crippen LogP contribution in [0, 0.1) is 5.82 Å².